The van der Waals surface area contributed by atoms with Gasteiger partial charge in [0.1, 0.15) is 11.6 Å². The number of ether oxygens (including phenoxy) is 1. The standard InChI is InChI=1S/C18H23N5O2/c1-3-14-10-20-18(19)21-17(14)23-8-7-22(16(24)12-23)11-13-5-4-6-15(9-13)25-2/h4-6,9-10H,3,7-8,11-12H2,1-2H3,(H2,19,20,21). The third kappa shape index (κ3) is 3.81. The quantitative estimate of drug-likeness (QED) is 0.887. The number of aromatic nitrogens is 2. The Bertz CT molecular complexity index is 765. The molecule has 132 valence electrons. The Balaban J connectivity index is 1.70. The summed E-state index contributed by atoms with van der Waals surface area (Å²) in [5.41, 5.74) is 7.78. The maximum atomic E-state index is 12.6. The van der Waals surface area contributed by atoms with Crippen LogP contribution >= 0.6 is 0 Å². The minimum absolute atomic E-state index is 0.0771. The van der Waals surface area contributed by atoms with E-state index >= 15 is 0 Å². The average molecular weight is 341 g/mol. The topological polar surface area (TPSA) is 84.6 Å². The molecule has 1 aliphatic heterocycles. The molecule has 1 aromatic heterocycles. The zero-order valence-electron chi connectivity index (χ0n) is 14.6. The van der Waals surface area contributed by atoms with Crippen molar-refractivity contribution in [2.75, 3.05) is 37.4 Å². The summed E-state index contributed by atoms with van der Waals surface area (Å²) in [4.78, 5) is 24.8. The van der Waals surface area contributed by atoms with Crippen LogP contribution in [0.5, 0.6) is 5.75 Å². The number of nitrogens with two attached hydrogens (primary N) is 1. The zero-order valence-corrected chi connectivity index (χ0v) is 14.6. The number of hydrogen-bond acceptors (Lipinski definition) is 6. The number of benzene rings is 1. The van der Waals surface area contributed by atoms with Crippen molar-refractivity contribution in [1.29, 1.82) is 0 Å². The molecule has 1 aromatic carbocycles. The van der Waals surface area contributed by atoms with Crippen molar-refractivity contribution in [2.24, 2.45) is 0 Å². The first kappa shape index (κ1) is 17.0. The fourth-order valence-corrected chi connectivity index (χ4v) is 2.98. The zero-order chi connectivity index (χ0) is 17.8. The minimum Gasteiger partial charge on any atom is -0.497 e. The molecule has 0 radical (unpaired) electrons. The van der Waals surface area contributed by atoms with Gasteiger partial charge in [0.15, 0.2) is 0 Å². The van der Waals surface area contributed by atoms with Gasteiger partial charge in [-0.05, 0) is 24.1 Å². The second-order valence-corrected chi connectivity index (χ2v) is 6.02. The van der Waals surface area contributed by atoms with Crippen LogP contribution in [0.1, 0.15) is 18.1 Å². The molecule has 1 saturated heterocycles. The molecule has 0 spiro atoms. The molecular formula is C18H23N5O2. The second-order valence-electron chi connectivity index (χ2n) is 6.02. The van der Waals surface area contributed by atoms with Gasteiger partial charge in [-0.15, -0.1) is 0 Å². The average Bonchev–Trinajstić information content (AvgIpc) is 2.63. The molecule has 7 nitrogen and oxygen atoms in total. The van der Waals surface area contributed by atoms with Gasteiger partial charge in [-0.3, -0.25) is 4.79 Å². The number of methoxy groups -OCH3 is 1. The van der Waals surface area contributed by atoms with Crippen LogP contribution in [-0.4, -0.2) is 47.5 Å². The van der Waals surface area contributed by atoms with Gasteiger partial charge in [-0.2, -0.15) is 4.98 Å². The molecule has 0 aliphatic carbocycles. The Kier molecular flexibility index (Phi) is 5.02. The number of nitrogens with zero attached hydrogens (tertiary/aromatic N) is 4. The van der Waals surface area contributed by atoms with Gasteiger partial charge in [0.2, 0.25) is 11.9 Å². The molecule has 7 heteroatoms. The van der Waals surface area contributed by atoms with Gasteiger partial charge in [0, 0.05) is 31.4 Å². The fraction of sp³-hybridized carbons (Fsp3) is 0.389. The molecule has 0 unspecified atom stereocenters. The van der Waals surface area contributed by atoms with Crippen molar-refractivity contribution in [3.8, 4) is 5.75 Å². The van der Waals surface area contributed by atoms with Gasteiger partial charge in [0.25, 0.3) is 0 Å². The highest BCUT2D eigenvalue weighted by Crippen LogP contribution is 2.22. The molecule has 2 N–H and O–H groups in total. The van der Waals surface area contributed by atoms with E-state index in [-0.39, 0.29) is 11.9 Å². The van der Waals surface area contributed by atoms with E-state index in [4.69, 9.17) is 10.5 Å². The molecule has 2 aromatic rings. The Labute approximate surface area is 147 Å². The van der Waals surface area contributed by atoms with Crippen molar-refractivity contribution < 1.29 is 9.53 Å². The van der Waals surface area contributed by atoms with E-state index in [1.54, 1.807) is 13.3 Å². The molecule has 25 heavy (non-hydrogen) atoms. The van der Waals surface area contributed by atoms with E-state index in [2.05, 4.69) is 9.97 Å². The van der Waals surface area contributed by atoms with Crippen LogP contribution in [0, 0.1) is 0 Å². The molecule has 0 atom stereocenters. The van der Waals surface area contributed by atoms with Crippen molar-refractivity contribution in [2.45, 2.75) is 19.9 Å². The number of carbonyl (C=O) groups excluding carboxylic acids is 1. The Morgan fingerprint density at radius 2 is 2.16 bits per heavy atom. The summed E-state index contributed by atoms with van der Waals surface area (Å²) < 4.78 is 5.24. The number of carbonyl (C=O) groups is 1. The normalized spacial score (nSPS) is 14.7. The lowest BCUT2D eigenvalue weighted by Crippen LogP contribution is -2.50. The monoisotopic (exact) mass is 341 g/mol. The van der Waals surface area contributed by atoms with Crippen LogP contribution < -0.4 is 15.4 Å². The summed E-state index contributed by atoms with van der Waals surface area (Å²) in [5.74, 6) is 1.88. The number of anilines is 2. The minimum atomic E-state index is 0.0771. The van der Waals surface area contributed by atoms with Crippen LogP contribution in [0.25, 0.3) is 0 Å². The van der Waals surface area contributed by atoms with Crippen LogP contribution in [0.4, 0.5) is 11.8 Å². The summed E-state index contributed by atoms with van der Waals surface area (Å²) >= 11 is 0. The van der Waals surface area contributed by atoms with Gasteiger partial charge in [-0.1, -0.05) is 19.1 Å². The number of piperazine rings is 1. The van der Waals surface area contributed by atoms with Gasteiger partial charge < -0.3 is 20.3 Å². The first-order chi connectivity index (χ1) is 12.1. The van der Waals surface area contributed by atoms with Crippen LogP contribution in [-0.2, 0) is 17.8 Å². The lowest BCUT2D eigenvalue weighted by atomic mass is 10.1. The maximum absolute atomic E-state index is 12.6. The van der Waals surface area contributed by atoms with E-state index in [0.29, 0.717) is 19.6 Å². The summed E-state index contributed by atoms with van der Waals surface area (Å²) in [6.07, 6.45) is 2.54. The van der Waals surface area contributed by atoms with Crippen molar-refractivity contribution in [3.05, 3.63) is 41.6 Å². The summed E-state index contributed by atoms with van der Waals surface area (Å²) in [6, 6.07) is 7.80. The predicted molar refractivity (Wildman–Crippen MR) is 96.4 cm³/mol. The fourth-order valence-electron chi connectivity index (χ4n) is 2.98. The maximum Gasteiger partial charge on any atom is 0.242 e. The molecule has 2 heterocycles. The molecular weight excluding hydrogens is 318 g/mol. The summed E-state index contributed by atoms with van der Waals surface area (Å²) in [7, 11) is 1.64. The van der Waals surface area contributed by atoms with E-state index < -0.39 is 0 Å². The van der Waals surface area contributed by atoms with Gasteiger partial charge in [0.05, 0.1) is 13.7 Å². The molecule has 1 fully saturated rings. The number of amides is 1. The summed E-state index contributed by atoms with van der Waals surface area (Å²) in [5, 5.41) is 0. The van der Waals surface area contributed by atoms with E-state index in [1.165, 1.54) is 0 Å². The molecule has 0 saturated carbocycles. The van der Waals surface area contributed by atoms with Crippen LogP contribution in [0.3, 0.4) is 0 Å². The molecule has 1 aliphatic rings. The molecule has 1 amide bonds. The van der Waals surface area contributed by atoms with E-state index in [1.807, 2.05) is 41.0 Å². The number of nitrogen functional groups attached to an aromatic ring is 1. The van der Waals surface area contributed by atoms with Gasteiger partial charge in [-0.25, -0.2) is 4.98 Å². The largest absolute Gasteiger partial charge is 0.497 e. The SMILES string of the molecule is CCc1cnc(N)nc1N1CCN(Cc2cccc(OC)c2)C(=O)C1. The number of aryl methyl sites for hydroxylation is 1. The van der Waals surface area contributed by atoms with Crippen LogP contribution in [0.15, 0.2) is 30.5 Å². The highest BCUT2D eigenvalue weighted by molar-refractivity contribution is 5.82. The van der Waals surface area contributed by atoms with Crippen molar-refractivity contribution in [1.82, 2.24) is 14.9 Å². The Morgan fingerprint density at radius 3 is 2.88 bits per heavy atom. The van der Waals surface area contributed by atoms with Crippen LogP contribution in [0.2, 0.25) is 0 Å². The molecule has 0 bridgehead atoms. The van der Waals surface area contributed by atoms with E-state index in [0.717, 1.165) is 35.7 Å². The van der Waals surface area contributed by atoms with E-state index in [9.17, 15) is 4.79 Å². The number of hydrogen-bond donors (Lipinski definition) is 1. The van der Waals surface area contributed by atoms with Gasteiger partial charge >= 0.3 is 0 Å². The first-order valence-corrected chi connectivity index (χ1v) is 8.37. The lowest BCUT2D eigenvalue weighted by molar-refractivity contribution is -0.131. The molecule has 3 rings (SSSR count). The number of rotatable bonds is 5. The second kappa shape index (κ2) is 7.38. The highest BCUT2D eigenvalue weighted by atomic mass is 16.5. The van der Waals surface area contributed by atoms with Crippen molar-refractivity contribution in [3.63, 3.8) is 0 Å². The summed E-state index contributed by atoms with van der Waals surface area (Å²) in [6.45, 7) is 4.28. The highest BCUT2D eigenvalue weighted by Gasteiger charge is 2.26. The third-order valence-corrected chi connectivity index (χ3v) is 4.37. The first-order valence-electron chi connectivity index (χ1n) is 8.37. The van der Waals surface area contributed by atoms with Crippen molar-refractivity contribution >= 4 is 17.7 Å². The Hall–Kier alpha value is -2.83. The third-order valence-electron chi connectivity index (χ3n) is 4.37. The Morgan fingerprint density at radius 1 is 1.32 bits per heavy atom. The lowest BCUT2D eigenvalue weighted by Gasteiger charge is -2.35. The predicted octanol–water partition coefficient (Wildman–Crippen LogP) is 1.48. The smallest absolute Gasteiger partial charge is 0.242 e.